The maximum atomic E-state index is 5.57. The van der Waals surface area contributed by atoms with Gasteiger partial charge in [0.05, 0.1) is 23.7 Å². The summed E-state index contributed by atoms with van der Waals surface area (Å²) >= 11 is 0. The maximum Gasteiger partial charge on any atom is 0.157 e. The van der Waals surface area contributed by atoms with Crippen LogP contribution < -0.4 is 5.32 Å². The second-order valence-electron chi connectivity index (χ2n) is 5.19. The second-order valence-corrected chi connectivity index (χ2v) is 5.19. The average Bonchev–Trinajstić information content (AvgIpc) is 2.62. The van der Waals surface area contributed by atoms with Crippen LogP contribution in [-0.2, 0) is 11.8 Å². The lowest BCUT2D eigenvalue weighted by Gasteiger charge is -2.35. The number of rotatable bonds is 4. The fourth-order valence-electron chi connectivity index (χ4n) is 2.68. The number of aryl methyl sites for hydroxylation is 2. The Morgan fingerprint density at radius 2 is 2.26 bits per heavy atom. The van der Waals surface area contributed by atoms with Crippen molar-refractivity contribution in [1.29, 1.82) is 0 Å². The van der Waals surface area contributed by atoms with Crippen LogP contribution in [0.1, 0.15) is 25.5 Å². The highest BCUT2D eigenvalue weighted by Gasteiger charge is 2.29. The molecule has 1 aliphatic rings. The number of hydrogen-bond donors (Lipinski definition) is 1. The molecule has 2 heterocycles. The molecule has 0 radical (unpaired) electrons. The molecule has 0 saturated heterocycles. The number of anilines is 1. The third-order valence-corrected chi connectivity index (χ3v) is 3.73. The van der Waals surface area contributed by atoms with E-state index >= 15 is 0 Å². The lowest BCUT2D eigenvalue weighted by Crippen LogP contribution is -2.40. The maximum absolute atomic E-state index is 5.57. The first kappa shape index (κ1) is 12.4. The Bertz CT molecular complexity index is 586. The summed E-state index contributed by atoms with van der Waals surface area (Å²) in [6.45, 7) is 4.87. The van der Waals surface area contributed by atoms with Crippen molar-refractivity contribution in [3.63, 3.8) is 0 Å². The lowest BCUT2D eigenvalue weighted by atomic mass is 9.89. The second kappa shape index (κ2) is 4.81. The molecule has 5 nitrogen and oxygen atoms in total. The molecule has 0 spiro atoms. The Labute approximate surface area is 113 Å². The fraction of sp³-hybridized carbons (Fsp3) is 0.571. The molecule has 2 aromatic heterocycles. The van der Waals surface area contributed by atoms with Gasteiger partial charge in [0.1, 0.15) is 0 Å². The van der Waals surface area contributed by atoms with Gasteiger partial charge in [-0.15, -0.1) is 0 Å². The van der Waals surface area contributed by atoms with E-state index in [1.165, 1.54) is 0 Å². The van der Waals surface area contributed by atoms with Crippen molar-refractivity contribution < 1.29 is 4.74 Å². The summed E-state index contributed by atoms with van der Waals surface area (Å²) in [7, 11) is 1.92. The lowest BCUT2D eigenvalue weighted by molar-refractivity contribution is 0.00299. The van der Waals surface area contributed by atoms with Gasteiger partial charge in [-0.05, 0) is 32.8 Å². The molecule has 5 heteroatoms. The van der Waals surface area contributed by atoms with E-state index in [0.717, 1.165) is 41.9 Å². The molecule has 0 bridgehead atoms. The molecule has 0 atom stereocenters. The Balaban J connectivity index is 1.71. The Morgan fingerprint density at radius 1 is 1.47 bits per heavy atom. The van der Waals surface area contributed by atoms with Gasteiger partial charge in [-0.2, -0.15) is 5.10 Å². The quantitative estimate of drug-likeness (QED) is 0.916. The molecule has 19 heavy (non-hydrogen) atoms. The van der Waals surface area contributed by atoms with Gasteiger partial charge in [-0.25, -0.2) is 4.98 Å². The zero-order chi connectivity index (χ0) is 13.4. The molecule has 1 aliphatic carbocycles. The number of nitrogens with one attached hydrogen (secondary N) is 1. The van der Waals surface area contributed by atoms with E-state index < -0.39 is 0 Å². The molecule has 2 aromatic rings. The van der Waals surface area contributed by atoms with E-state index in [4.69, 9.17) is 4.74 Å². The average molecular weight is 260 g/mol. The normalized spacial score (nSPS) is 22.5. The summed E-state index contributed by atoms with van der Waals surface area (Å²) in [5, 5.41) is 9.02. The highest BCUT2D eigenvalue weighted by atomic mass is 16.5. The first-order chi connectivity index (χ1) is 9.17. The zero-order valence-corrected chi connectivity index (χ0v) is 11.7. The first-order valence-corrected chi connectivity index (χ1v) is 6.85. The van der Waals surface area contributed by atoms with Crippen LogP contribution in [0.5, 0.6) is 0 Å². The Morgan fingerprint density at radius 3 is 3.00 bits per heavy atom. The van der Waals surface area contributed by atoms with Crippen LogP contribution in [0, 0.1) is 6.92 Å². The summed E-state index contributed by atoms with van der Waals surface area (Å²) in [5.74, 6) is 0. The predicted molar refractivity (Wildman–Crippen MR) is 75.3 cm³/mol. The molecule has 102 valence electrons. The fourth-order valence-corrected chi connectivity index (χ4v) is 2.68. The summed E-state index contributed by atoms with van der Waals surface area (Å²) in [5.41, 5.74) is 3.03. The van der Waals surface area contributed by atoms with Crippen LogP contribution in [0.15, 0.2) is 12.3 Å². The predicted octanol–water partition coefficient (Wildman–Crippen LogP) is 2.26. The number of pyridine rings is 1. The van der Waals surface area contributed by atoms with Crippen LogP contribution in [0.4, 0.5) is 5.69 Å². The molecule has 0 unspecified atom stereocenters. The Hall–Kier alpha value is -1.62. The van der Waals surface area contributed by atoms with Crippen molar-refractivity contribution in [3.8, 4) is 0 Å². The van der Waals surface area contributed by atoms with Gasteiger partial charge in [-0.3, -0.25) is 4.68 Å². The van der Waals surface area contributed by atoms with Gasteiger partial charge in [0, 0.05) is 25.1 Å². The van der Waals surface area contributed by atoms with Crippen LogP contribution in [0.25, 0.3) is 11.0 Å². The molecule has 3 rings (SSSR count). The first-order valence-electron chi connectivity index (χ1n) is 6.85. The molecular weight excluding hydrogens is 240 g/mol. The van der Waals surface area contributed by atoms with Crippen molar-refractivity contribution in [1.82, 2.24) is 14.8 Å². The molecule has 1 fully saturated rings. The van der Waals surface area contributed by atoms with E-state index in [-0.39, 0.29) is 0 Å². The van der Waals surface area contributed by atoms with Gasteiger partial charge < -0.3 is 10.1 Å². The van der Waals surface area contributed by atoms with Crippen molar-refractivity contribution in [3.05, 3.63) is 18.0 Å². The minimum absolute atomic E-state index is 0.430. The largest absolute Gasteiger partial charge is 0.381 e. The third kappa shape index (κ3) is 2.30. The Kier molecular flexibility index (Phi) is 3.14. The smallest absolute Gasteiger partial charge is 0.157 e. The van der Waals surface area contributed by atoms with Crippen molar-refractivity contribution in [2.24, 2.45) is 7.05 Å². The minimum atomic E-state index is 0.430. The van der Waals surface area contributed by atoms with Crippen LogP contribution in [0.2, 0.25) is 0 Å². The van der Waals surface area contributed by atoms with Crippen molar-refractivity contribution >= 4 is 16.7 Å². The van der Waals surface area contributed by atoms with Crippen LogP contribution in [-0.4, -0.2) is 33.5 Å². The van der Waals surface area contributed by atoms with Gasteiger partial charge in [-0.1, -0.05) is 0 Å². The van der Waals surface area contributed by atoms with Crippen LogP contribution >= 0.6 is 0 Å². The summed E-state index contributed by atoms with van der Waals surface area (Å²) < 4.78 is 7.39. The van der Waals surface area contributed by atoms with E-state index in [2.05, 4.69) is 21.5 Å². The van der Waals surface area contributed by atoms with E-state index in [1.807, 2.05) is 31.8 Å². The molecule has 0 amide bonds. The van der Waals surface area contributed by atoms with Gasteiger partial charge in [0.25, 0.3) is 0 Å². The topological polar surface area (TPSA) is 52.0 Å². The summed E-state index contributed by atoms with van der Waals surface area (Å²) in [6, 6.07) is 2.64. The SMILES string of the molecule is CCOC1CC(Nc2cnc3c(c2)c(C)nn3C)C1. The molecular formula is C14H20N4O. The summed E-state index contributed by atoms with van der Waals surface area (Å²) in [6.07, 6.45) is 4.48. The third-order valence-electron chi connectivity index (χ3n) is 3.73. The number of nitrogens with zero attached hydrogens (tertiary/aromatic N) is 3. The van der Waals surface area contributed by atoms with Gasteiger partial charge >= 0.3 is 0 Å². The molecule has 0 aliphatic heterocycles. The van der Waals surface area contributed by atoms with E-state index in [9.17, 15) is 0 Å². The zero-order valence-electron chi connectivity index (χ0n) is 11.7. The minimum Gasteiger partial charge on any atom is -0.381 e. The number of fused-ring (bicyclic) bond motifs is 1. The van der Waals surface area contributed by atoms with Crippen LogP contribution in [0.3, 0.4) is 0 Å². The highest BCUT2D eigenvalue weighted by Crippen LogP contribution is 2.28. The highest BCUT2D eigenvalue weighted by molar-refractivity contribution is 5.81. The van der Waals surface area contributed by atoms with E-state index in [1.54, 1.807) is 0 Å². The van der Waals surface area contributed by atoms with Crippen molar-refractivity contribution in [2.45, 2.75) is 38.8 Å². The van der Waals surface area contributed by atoms with Gasteiger partial charge in [0.2, 0.25) is 0 Å². The number of hydrogen-bond acceptors (Lipinski definition) is 4. The molecule has 1 N–H and O–H groups in total. The van der Waals surface area contributed by atoms with Crippen molar-refractivity contribution in [2.75, 3.05) is 11.9 Å². The number of ether oxygens (including phenoxy) is 1. The summed E-state index contributed by atoms with van der Waals surface area (Å²) in [4.78, 5) is 4.48. The standard InChI is InChI=1S/C14H20N4O/c1-4-19-12-5-10(6-12)16-11-7-13-9(2)17-18(3)14(13)15-8-11/h7-8,10,12,16H,4-6H2,1-3H3. The monoisotopic (exact) mass is 260 g/mol. The van der Waals surface area contributed by atoms with E-state index in [0.29, 0.717) is 12.1 Å². The molecule has 1 saturated carbocycles. The van der Waals surface area contributed by atoms with Gasteiger partial charge in [0.15, 0.2) is 5.65 Å². The number of aromatic nitrogens is 3. The molecule has 0 aromatic carbocycles.